The number of rotatable bonds is 8. The van der Waals surface area contributed by atoms with Crippen LogP contribution in [0, 0.1) is 12.8 Å². The lowest BCUT2D eigenvalue weighted by atomic mass is 10.1. The number of hydrogen-bond acceptors (Lipinski definition) is 7. The van der Waals surface area contributed by atoms with Crippen molar-refractivity contribution < 1.29 is 13.2 Å². The molecular formula is C22H26N4O3S2. The summed E-state index contributed by atoms with van der Waals surface area (Å²) in [5, 5.41) is 7.18. The zero-order valence-corrected chi connectivity index (χ0v) is 19.1. The second-order valence-electron chi connectivity index (χ2n) is 7.95. The van der Waals surface area contributed by atoms with Gasteiger partial charge in [0.05, 0.1) is 21.8 Å². The Kier molecular flexibility index (Phi) is 6.52. The number of anilines is 1. The van der Waals surface area contributed by atoms with Crippen LogP contribution in [0.2, 0.25) is 0 Å². The molecule has 0 spiro atoms. The molecule has 2 N–H and O–H groups in total. The summed E-state index contributed by atoms with van der Waals surface area (Å²) in [6, 6.07) is 10.4. The molecule has 0 radical (unpaired) electrons. The Morgan fingerprint density at radius 2 is 2.03 bits per heavy atom. The van der Waals surface area contributed by atoms with Crippen LogP contribution in [-0.4, -0.2) is 48.9 Å². The van der Waals surface area contributed by atoms with Gasteiger partial charge in [0.1, 0.15) is 17.0 Å². The van der Waals surface area contributed by atoms with Crippen molar-refractivity contribution in [2.75, 3.05) is 29.9 Å². The van der Waals surface area contributed by atoms with Gasteiger partial charge < -0.3 is 10.6 Å². The van der Waals surface area contributed by atoms with E-state index in [1.165, 1.54) is 23.2 Å². The second kappa shape index (κ2) is 9.32. The van der Waals surface area contributed by atoms with Gasteiger partial charge in [0.15, 0.2) is 9.84 Å². The van der Waals surface area contributed by atoms with Gasteiger partial charge in [-0.25, -0.2) is 18.4 Å². The number of sulfone groups is 1. The molecule has 0 saturated carbocycles. The number of aromatic nitrogens is 2. The molecule has 1 fully saturated rings. The highest BCUT2D eigenvalue weighted by atomic mass is 32.2. The third-order valence-electron chi connectivity index (χ3n) is 5.59. The van der Waals surface area contributed by atoms with Gasteiger partial charge in [-0.2, -0.15) is 0 Å². The monoisotopic (exact) mass is 458 g/mol. The molecule has 0 aliphatic carbocycles. The van der Waals surface area contributed by atoms with Crippen molar-refractivity contribution in [3.8, 4) is 0 Å². The number of carbonyl (C=O) groups excluding carboxylic acids is 1. The largest absolute Gasteiger partial charge is 0.369 e. The normalized spacial score (nSPS) is 17.6. The lowest BCUT2D eigenvalue weighted by Gasteiger charge is -2.09. The first-order valence-electron chi connectivity index (χ1n) is 10.4. The first-order chi connectivity index (χ1) is 14.9. The summed E-state index contributed by atoms with van der Waals surface area (Å²) < 4.78 is 23.2. The number of hydrogen-bond donors (Lipinski definition) is 2. The highest BCUT2D eigenvalue weighted by molar-refractivity contribution is 7.91. The van der Waals surface area contributed by atoms with Crippen LogP contribution in [0.15, 0.2) is 36.7 Å². The van der Waals surface area contributed by atoms with Gasteiger partial charge in [0, 0.05) is 13.1 Å². The molecule has 1 atom stereocenters. The second-order valence-corrected chi connectivity index (χ2v) is 11.2. The molecule has 1 saturated heterocycles. The highest BCUT2D eigenvalue weighted by Crippen LogP contribution is 2.33. The number of carbonyl (C=O) groups is 1. The topological polar surface area (TPSA) is 101 Å². The Hall–Kier alpha value is -2.52. The van der Waals surface area contributed by atoms with Gasteiger partial charge in [-0.3, -0.25) is 4.79 Å². The number of nitrogens with one attached hydrogen (secondary N) is 2. The van der Waals surface area contributed by atoms with E-state index in [1.54, 1.807) is 0 Å². The number of thiophene rings is 1. The van der Waals surface area contributed by atoms with E-state index in [0.717, 1.165) is 41.0 Å². The predicted molar refractivity (Wildman–Crippen MR) is 124 cm³/mol. The Labute approximate surface area is 186 Å². The van der Waals surface area contributed by atoms with E-state index in [0.29, 0.717) is 17.8 Å². The molecule has 1 unspecified atom stereocenters. The van der Waals surface area contributed by atoms with E-state index in [-0.39, 0.29) is 23.3 Å². The summed E-state index contributed by atoms with van der Waals surface area (Å²) in [6.45, 7) is 3.06. The van der Waals surface area contributed by atoms with Crippen molar-refractivity contribution in [3.63, 3.8) is 0 Å². The third kappa shape index (κ3) is 5.22. The maximum atomic E-state index is 12.8. The zero-order valence-electron chi connectivity index (χ0n) is 17.4. The van der Waals surface area contributed by atoms with E-state index in [1.807, 2.05) is 25.1 Å². The maximum absolute atomic E-state index is 12.8. The minimum Gasteiger partial charge on any atom is -0.369 e. The zero-order chi connectivity index (χ0) is 21.8. The van der Waals surface area contributed by atoms with E-state index < -0.39 is 9.84 Å². The van der Waals surface area contributed by atoms with E-state index >= 15 is 0 Å². The van der Waals surface area contributed by atoms with Crippen molar-refractivity contribution >= 4 is 43.1 Å². The van der Waals surface area contributed by atoms with Crippen LogP contribution in [0.3, 0.4) is 0 Å². The number of aryl methyl sites for hydroxylation is 2. The van der Waals surface area contributed by atoms with E-state index in [4.69, 9.17) is 0 Å². The van der Waals surface area contributed by atoms with Crippen LogP contribution in [0.4, 0.5) is 5.82 Å². The van der Waals surface area contributed by atoms with Crippen molar-refractivity contribution in [2.45, 2.75) is 26.2 Å². The van der Waals surface area contributed by atoms with Crippen LogP contribution >= 0.6 is 11.3 Å². The average molecular weight is 459 g/mol. The van der Waals surface area contributed by atoms with Crippen LogP contribution in [-0.2, 0) is 16.3 Å². The molecule has 9 heteroatoms. The highest BCUT2D eigenvalue weighted by Gasteiger charge is 2.28. The van der Waals surface area contributed by atoms with E-state index in [2.05, 4.69) is 32.7 Å². The molecule has 164 valence electrons. The van der Waals surface area contributed by atoms with E-state index in [9.17, 15) is 13.2 Å². The summed E-state index contributed by atoms with van der Waals surface area (Å²) in [5.41, 5.74) is 2.15. The van der Waals surface area contributed by atoms with Gasteiger partial charge in [-0.05, 0) is 43.2 Å². The Balaban J connectivity index is 1.40. The quantitative estimate of drug-likeness (QED) is 0.503. The Bertz CT molecular complexity index is 1180. The average Bonchev–Trinajstić information content (AvgIpc) is 3.29. The third-order valence-corrected chi connectivity index (χ3v) is 8.62. The number of nitrogens with zero attached hydrogens (tertiary/aromatic N) is 2. The summed E-state index contributed by atoms with van der Waals surface area (Å²) in [5.74, 6) is 0.920. The standard InChI is InChI=1S/C22H26N4O3S2/c1-15-18-20(23-10-5-8-16-6-3-2-4-7-16)25-14-26-22(18)30-19(15)21(27)24-12-17-9-11-31(28,29)13-17/h2-4,6-7,14,17H,5,8-13H2,1H3,(H,24,27)(H,23,25,26). The molecule has 3 heterocycles. The van der Waals surface area contributed by atoms with Crippen LogP contribution in [0.5, 0.6) is 0 Å². The summed E-state index contributed by atoms with van der Waals surface area (Å²) in [7, 11) is -2.95. The molecule has 3 aromatic rings. The van der Waals surface area contributed by atoms with Crippen LogP contribution in [0.25, 0.3) is 10.2 Å². The molecule has 1 aliphatic rings. The van der Waals surface area contributed by atoms with Gasteiger partial charge in [-0.1, -0.05) is 30.3 Å². The van der Waals surface area contributed by atoms with Crippen molar-refractivity contribution in [1.29, 1.82) is 0 Å². The van der Waals surface area contributed by atoms with Gasteiger partial charge >= 0.3 is 0 Å². The lowest BCUT2D eigenvalue weighted by molar-refractivity contribution is 0.0952. The predicted octanol–water partition coefficient (Wildman–Crippen LogP) is 3.21. The summed E-state index contributed by atoms with van der Waals surface area (Å²) in [4.78, 5) is 22.9. The fourth-order valence-corrected chi connectivity index (χ4v) is 6.84. The van der Waals surface area contributed by atoms with Crippen LogP contribution < -0.4 is 10.6 Å². The summed E-state index contributed by atoms with van der Waals surface area (Å²) >= 11 is 1.34. The minimum absolute atomic E-state index is 0.00901. The number of fused-ring (bicyclic) bond motifs is 1. The fraction of sp³-hybridized carbons (Fsp3) is 0.409. The molecule has 31 heavy (non-hydrogen) atoms. The maximum Gasteiger partial charge on any atom is 0.261 e. The van der Waals surface area contributed by atoms with Crippen molar-refractivity contribution in [1.82, 2.24) is 15.3 Å². The lowest BCUT2D eigenvalue weighted by Crippen LogP contribution is -2.29. The molecule has 1 amide bonds. The molecule has 0 bridgehead atoms. The van der Waals surface area contributed by atoms with Gasteiger partial charge in [-0.15, -0.1) is 11.3 Å². The molecule has 7 nitrogen and oxygen atoms in total. The molecule has 1 aromatic carbocycles. The number of benzene rings is 1. The molecule has 2 aromatic heterocycles. The minimum atomic E-state index is -2.95. The fourth-order valence-electron chi connectivity index (χ4n) is 3.92. The van der Waals surface area contributed by atoms with Crippen molar-refractivity contribution in [2.24, 2.45) is 5.92 Å². The first-order valence-corrected chi connectivity index (χ1v) is 13.1. The summed E-state index contributed by atoms with van der Waals surface area (Å²) in [6.07, 6.45) is 4.07. The molecule has 4 rings (SSSR count). The Morgan fingerprint density at radius 1 is 1.23 bits per heavy atom. The first kappa shape index (κ1) is 21.7. The van der Waals surface area contributed by atoms with Crippen LogP contribution in [0.1, 0.15) is 33.6 Å². The molecular weight excluding hydrogens is 432 g/mol. The Morgan fingerprint density at radius 3 is 2.77 bits per heavy atom. The SMILES string of the molecule is Cc1c(C(=O)NCC2CCS(=O)(=O)C2)sc2ncnc(NCCCc3ccccc3)c12. The van der Waals surface area contributed by atoms with Gasteiger partial charge in [0.25, 0.3) is 5.91 Å². The van der Waals surface area contributed by atoms with Gasteiger partial charge in [0.2, 0.25) is 0 Å². The van der Waals surface area contributed by atoms with Crippen molar-refractivity contribution in [3.05, 3.63) is 52.7 Å². The smallest absolute Gasteiger partial charge is 0.261 e. The number of amides is 1. The molecule has 1 aliphatic heterocycles.